The van der Waals surface area contributed by atoms with E-state index in [0.717, 1.165) is 6.07 Å². The van der Waals surface area contributed by atoms with Crippen molar-refractivity contribution in [1.82, 2.24) is 9.97 Å². The first-order valence-corrected chi connectivity index (χ1v) is 7.41. The number of aromatic amines is 1. The average Bonchev–Trinajstić information content (AvgIpc) is 2.94. The fourth-order valence-corrected chi connectivity index (χ4v) is 2.33. The minimum atomic E-state index is -0.629. The van der Waals surface area contributed by atoms with Crippen molar-refractivity contribution < 1.29 is 18.3 Å². The summed E-state index contributed by atoms with van der Waals surface area (Å²) in [6, 6.07) is 8.29. The lowest BCUT2D eigenvalue weighted by Crippen LogP contribution is -2.04. The molecule has 124 valence electrons. The van der Waals surface area contributed by atoms with Crippen LogP contribution in [0.1, 0.15) is 22.8 Å². The van der Waals surface area contributed by atoms with Gasteiger partial charge in [-0.1, -0.05) is 0 Å². The Balaban J connectivity index is 1.76. The predicted molar refractivity (Wildman–Crippen MR) is 85.7 cm³/mol. The number of fused-ring (bicyclic) bond motifs is 1. The number of halogens is 2. The standard InChI is InChI=1S/C17H15F2N3O2/c1-2-24-16(23)11-3-4-14-15(7-11)22-17(21-14)20-9-10-5-12(18)8-13(19)6-10/h3-8H,2,9H2,1H3,(H2,20,21,22). The van der Waals surface area contributed by atoms with Crippen molar-refractivity contribution in [2.75, 3.05) is 11.9 Å². The number of nitrogens with zero attached hydrogens (tertiary/aromatic N) is 1. The molecule has 0 radical (unpaired) electrons. The Bertz CT molecular complexity index is 872. The summed E-state index contributed by atoms with van der Waals surface area (Å²) in [6.07, 6.45) is 0. The van der Waals surface area contributed by atoms with Gasteiger partial charge in [0.1, 0.15) is 11.6 Å². The summed E-state index contributed by atoms with van der Waals surface area (Å²) >= 11 is 0. The number of anilines is 1. The number of carbonyl (C=O) groups is 1. The fourth-order valence-electron chi connectivity index (χ4n) is 2.33. The summed E-state index contributed by atoms with van der Waals surface area (Å²) < 4.78 is 31.3. The number of H-pyrrole nitrogens is 1. The number of imidazole rings is 1. The Morgan fingerprint density at radius 1 is 1.21 bits per heavy atom. The van der Waals surface area contributed by atoms with E-state index in [1.165, 1.54) is 12.1 Å². The van der Waals surface area contributed by atoms with Crippen molar-refractivity contribution in [3.8, 4) is 0 Å². The molecule has 5 nitrogen and oxygen atoms in total. The minimum absolute atomic E-state index is 0.208. The monoisotopic (exact) mass is 331 g/mol. The van der Waals surface area contributed by atoms with E-state index in [-0.39, 0.29) is 6.54 Å². The molecule has 2 N–H and O–H groups in total. The maximum atomic E-state index is 13.2. The second-order valence-electron chi connectivity index (χ2n) is 5.17. The summed E-state index contributed by atoms with van der Waals surface area (Å²) in [4.78, 5) is 19.1. The van der Waals surface area contributed by atoms with E-state index in [9.17, 15) is 13.6 Å². The summed E-state index contributed by atoms with van der Waals surface area (Å²) in [7, 11) is 0. The lowest BCUT2D eigenvalue weighted by atomic mass is 10.2. The van der Waals surface area contributed by atoms with Crippen LogP contribution in [0.3, 0.4) is 0 Å². The van der Waals surface area contributed by atoms with Gasteiger partial charge in [0.2, 0.25) is 5.95 Å². The van der Waals surface area contributed by atoms with Crippen molar-refractivity contribution in [2.45, 2.75) is 13.5 Å². The average molecular weight is 331 g/mol. The Labute approximate surface area is 136 Å². The molecule has 1 heterocycles. The fraction of sp³-hybridized carbons (Fsp3) is 0.176. The van der Waals surface area contributed by atoms with Crippen LogP contribution < -0.4 is 5.32 Å². The number of esters is 1. The first-order chi connectivity index (χ1) is 11.5. The lowest BCUT2D eigenvalue weighted by molar-refractivity contribution is 0.0526. The van der Waals surface area contributed by atoms with E-state index in [1.54, 1.807) is 25.1 Å². The summed E-state index contributed by atoms with van der Waals surface area (Å²) in [5, 5.41) is 2.96. The van der Waals surface area contributed by atoms with Crippen LogP contribution in [-0.2, 0) is 11.3 Å². The molecule has 0 atom stereocenters. The zero-order chi connectivity index (χ0) is 17.1. The molecule has 0 aliphatic carbocycles. The Hall–Kier alpha value is -2.96. The number of carbonyl (C=O) groups excluding carboxylic acids is 1. The third kappa shape index (κ3) is 3.51. The number of rotatable bonds is 5. The van der Waals surface area contributed by atoms with Gasteiger partial charge in [-0.2, -0.15) is 0 Å². The van der Waals surface area contributed by atoms with Crippen LogP contribution in [0.5, 0.6) is 0 Å². The van der Waals surface area contributed by atoms with Gasteiger partial charge in [-0.3, -0.25) is 0 Å². The molecular weight excluding hydrogens is 316 g/mol. The molecular formula is C17H15F2N3O2. The van der Waals surface area contributed by atoms with E-state index in [2.05, 4.69) is 15.3 Å². The van der Waals surface area contributed by atoms with Crippen molar-refractivity contribution in [3.63, 3.8) is 0 Å². The third-order valence-corrected chi connectivity index (χ3v) is 3.38. The van der Waals surface area contributed by atoms with Crippen LogP contribution in [0.25, 0.3) is 11.0 Å². The molecule has 2 aromatic carbocycles. The maximum absolute atomic E-state index is 13.2. The summed E-state index contributed by atoms with van der Waals surface area (Å²) in [5.41, 5.74) is 2.20. The molecule has 0 aliphatic rings. The zero-order valence-electron chi connectivity index (χ0n) is 12.9. The molecule has 0 spiro atoms. The molecule has 3 aromatic rings. The predicted octanol–water partition coefficient (Wildman–Crippen LogP) is 3.63. The van der Waals surface area contributed by atoms with E-state index in [1.807, 2.05) is 0 Å². The molecule has 0 saturated heterocycles. The number of nitrogens with one attached hydrogen (secondary N) is 2. The van der Waals surface area contributed by atoms with Crippen molar-refractivity contribution in [1.29, 1.82) is 0 Å². The van der Waals surface area contributed by atoms with Crippen LogP contribution in [-0.4, -0.2) is 22.5 Å². The first kappa shape index (κ1) is 15.9. The highest BCUT2D eigenvalue weighted by atomic mass is 19.1. The number of hydrogen-bond donors (Lipinski definition) is 2. The molecule has 0 saturated carbocycles. The number of ether oxygens (including phenoxy) is 1. The molecule has 1 aromatic heterocycles. The third-order valence-electron chi connectivity index (χ3n) is 3.38. The quantitative estimate of drug-likeness (QED) is 0.701. The molecule has 7 heteroatoms. The number of benzene rings is 2. The minimum Gasteiger partial charge on any atom is -0.462 e. The molecule has 24 heavy (non-hydrogen) atoms. The summed E-state index contributed by atoms with van der Waals surface area (Å²) in [5.74, 6) is -1.22. The van der Waals surface area contributed by atoms with Gasteiger partial charge >= 0.3 is 5.97 Å². The molecule has 0 aliphatic heterocycles. The van der Waals surface area contributed by atoms with Gasteiger partial charge in [0.05, 0.1) is 23.2 Å². The van der Waals surface area contributed by atoms with Crippen molar-refractivity contribution >= 4 is 23.0 Å². The molecule has 0 bridgehead atoms. The van der Waals surface area contributed by atoms with Crippen LogP contribution in [0.4, 0.5) is 14.7 Å². The van der Waals surface area contributed by atoms with Crippen molar-refractivity contribution in [2.24, 2.45) is 0 Å². The van der Waals surface area contributed by atoms with Gasteiger partial charge in [-0.25, -0.2) is 18.6 Å². The maximum Gasteiger partial charge on any atom is 0.338 e. The van der Waals surface area contributed by atoms with Gasteiger partial charge in [0.25, 0.3) is 0 Å². The zero-order valence-corrected chi connectivity index (χ0v) is 12.9. The van der Waals surface area contributed by atoms with E-state index < -0.39 is 17.6 Å². The summed E-state index contributed by atoms with van der Waals surface area (Å²) in [6.45, 7) is 2.25. The topological polar surface area (TPSA) is 67.0 Å². The molecule has 0 amide bonds. The second-order valence-corrected chi connectivity index (χ2v) is 5.17. The SMILES string of the molecule is CCOC(=O)c1ccc2nc(NCc3cc(F)cc(F)c3)[nH]c2c1. The van der Waals surface area contributed by atoms with Crippen molar-refractivity contribution in [3.05, 3.63) is 59.2 Å². The van der Waals surface area contributed by atoms with Gasteiger partial charge in [-0.05, 0) is 42.8 Å². The highest BCUT2D eigenvalue weighted by molar-refractivity contribution is 5.94. The molecule has 0 fully saturated rings. The van der Waals surface area contributed by atoms with Gasteiger partial charge in [-0.15, -0.1) is 0 Å². The Morgan fingerprint density at radius 2 is 1.96 bits per heavy atom. The smallest absolute Gasteiger partial charge is 0.338 e. The molecule has 0 unspecified atom stereocenters. The van der Waals surface area contributed by atoms with E-state index in [4.69, 9.17) is 4.74 Å². The largest absolute Gasteiger partial charge is 0.462 e. The Kier molecular flexibility index (Phi) is 4.41. The van der Waals surface area contributed by atoms with Crippen LogP contribution >= 0.6 is 0 Å². The van der Waals surface area contributed by atoms with Gasteiger partial charge < -0.3 is 15.0 Å². The number of hydrogen-bond acceptors (Lipinski definition) is 4. The van der Waals surface area contributed by atoms with Gasteiger partial charge in [0, 0.05) is 12.6 Å². The molecule has 3 rings (SSSR count). The van der Waals surface area contributed by atoms with Crippen LogP contribution in [0.15, 0.2) is 36.4 Å². The second kappa shape index (κ2) is 6.66. The van der Waals surface area contributed by atoms with E-state index in [0.29, 0.717) is 34.7 Å². The number of aromatic nitrogens is 2. The van der Waals surface area contributed by atoms with Crippen LogP contribution in [0, 0.1) is 11.6 Å². The van der Waals surface area contributed by atoms with E-state index >= 15 is 0 Å². The highest BCUT2D eigenvalue weighted by Gasteiger charge is 2.10. The Morgan fingerprint density at radius 3 is 2.67 bits per heavy atom. The normalized spacial score (nSPS) is 10.8. The lowest BCUT2D eigenvalue weighted by Gasteiger charge is -2.03. The van der Waals surface area contributed by atoms with Gasteiger partial charge in [0.15, 0.2) is 0 Å². The van der Waals surface area contributed by atoms with Crippen LogP contribution in [0.2, 0.25) is 0 Å². The first-order valence-electron chi connectivity index (χ1n) is 7.41. The highest BCUT2D eigenvalue weighted by Crippen LogP contribution is 2.18.